The van der Waals surface area contributed by atoms with Gasteiger partial charge in [-0.3, -0.25) is 0 Å². The molecule has 1 aromatic rings. The molecule has 0 saturated carbocycles. The first kappa shape index (κ1) is 10.5. The van der Waals surface area contributed by atoms with Crippen molar-refractivity contribution in [2.24, 2.45) is 5.73 Å². The molecule has 1 fully saturated rings. The number of thioether (sulfide) groups is 1. The van der Waals surface area contributed by atoms with Gasteiger partial charge < -0.3 is 5.73 Å². The minimum atomic E-state index is 0.148. The highest BCUT2D eigenvalue weighted by molar-refractivity contribution is 7.99. The Balaban J connectivity index is 1.88. The van der Waals surface area contributed by atoms with Crippen molar-refractivity contribution in [3.8, 4) is 0 Å². The molecule has 2 heterocycles. The van der Waals surface area contributed by atoms with E-state index in [0.29, 0.717) is 5.92 Å². The third-order valence-corrected chi connectivity index (χ3v) is 4.63. The number of nitrogens with two attached hydrogens (primary N) is 1. The van der Waals surface area contributed by atoms with Crippen molar-refractivity contribution in [3.05, 3.63) is 23.3 Å². The third-order valence-electron chi connectivity index (χ3n) is 3.58. The van der Waals surface area contributed by atoms with E-state index in [2.05, 4.69) is 4.98 Å². The lowest BCUT2D eigenvalue weighted by Crippen LogP contribution is -2.14. The fraction of sp³-hybridized carbons (Fsp3) is 0.667. The van der Waals surface area contributed by atoms with Gasteiger partial charge in [0.15, 0.2) is 0 Å². The van der Waals surface area contributed by atoms with Crippen LogP contribution in [0.2, 0.25) is 0 Å². The summed E-state index contributed by atoms with van der Waals surface area (Å²) in [6.07, 6.45) is 6.54. The Bertz CT molecular complexity index is 388. The summed E-state index contributed by atoms with van der Waals surface area (Å²) in [5.74, 6) is 4.10. The van der Waals surface area contributed by atoms with Crippen LogP contribution in [0.5, 0.6) is 0 Å². The Morgan fingerprint density at radius 3 is 2.88 bits per heavy atom. The first-order valence-corrected chi connectivity index (χ1v) is 7.19. The first-order valence-electron chi connectivity index (χ1n) is 6.03. The van der Waals surface area contributed by atoms with Crippen LogP contribution >= 0.6 is 11.8 Å². The van der Waals surface area contributed by atoms with Crippen LogP contribution in [0.15, 0.2) is 6.20 Å². The van der Waals surface area contributed by atoms with Gasteiger partial charge in [-0.15, -0.1) is 0 Å². The SMILES string of the molecule is NC1CCc2cnc(C3CCSCC3)nc21. The Hall–Kier alpha value is -0.610. The molecule has 1 atom stereocenters. The molecule has 3 rings (SSSR count). The molecule has 1 unspecified atom stereocenters. The maximum absolute atomic E-state index is 6.05. The van der Waals surface area contributed by atoms with Crippen LogP contribution in [0.1, 0.15) is 48.3 Å². The van der Waals surface area contributed by atoms with Gasteiger partial charge in [0.25, 0.3) is 0 Å². The van der Waals surface area contributed by atoms with Crippen LogP contribution in [-0.4, -0.2) is 21.5 Å². The summed E-state index contributed by atoms with van der Waals surface area (Å²) in [6.45, 7) is 0. The van der Waals surface area contributed by atoms with Crippen LogP contribution in [-0.2, 0) is 6.42 Å². The molecule has 0 amide bonds. The summed E-state index contributed by atoms with van der Waals surface area (Å²) < 4.78 is 0. The van der Waals surface area contributed by atoms with Gasteiger partial charge in [0, 0.05) is 18.2 Å². The zero-order valence-corrected chi connectivity index (χ0v) is 10.2. The van der Waals surface area contributed by atoms with Crippen molar-refractivity contribution in [2.75, 3.05) is 11.5 Å². The largest absolute Gasteiger partial charge is 0.323 e. The molecule has 16 heavy (non-hydrogen) atoms. The Kier molecular flexibility index (Phi) is 2.86. The van der Waals surface area contributed by atoms with Gasteiger partial charge in [0.2, 0.25) is 0 Å². The van der Waals surface area contributed by atoms with Crippen LogP contribution in [0.3, 0.4) is 0 Å². The zero-order valence-electron chi connectivity index (χ0n) is 9.35. The molecule has 0 spiro atoms. The second-order valence-corrected chi connectivity index (χ2v) is 5.90. The van der Waals surface area contributed by atoms with E-state index in [0.717, 1.165) is 24.4 Å². The molecule has 4 heteroatoms. The highest BCUT2D eigenvalue weighted by Crippen LogP contribution is 2.32. The molecule has 1 saturated heterocycles. The fourth-order valence-electron chi connectivity index (χ4n) is 2.55. The standard InChI is InChI=1S/C12H17N3S/c13-10-2-1-9-7-14-12(15-11(9)10)8-3-5-16-6-4-8/h7-8,10H,1-6,13H2. The third kappa shape index (κ3) is 1.84. The number of aryl methyl sites for hydroxylation is 1. The molecular weight excluding hydrogens is 218 g/mol. The molecule has 0 aromatic carbocycles. The number of aromatic nitrogens is 2. The Morgan fingerprint density at radius 1 is 1.25 bits per heavy atom. The maximum Gasteiger partial charge on any atom is 0.131 e. The van der Waals surface area contributed by atoms with E-state index in [-0.39, 0.29) is 6.04 Å². The van der Waals surface area contributed by atoms with E-state index in [9.17, 15) is 0 Å². The van der Waals surface area contributed by atoms with Crippen molar-refractivity contribution >= 4 is 11.8 Å². The van der Waals surface area contributed by atoms with E-state index in [1.165, 1.54) is 29.9 Å². The molecule has 1 aliphatic carbocycles. The quantitative estimate of drug-likeness (QED) is 0.809. The molecule has 1 aromatic heterocycles. The summed E-state index contributed by atoms with van der Waals surface area (Å²) in [4.78, 5) is 9.25. The Morgan fingerprint density at radius 2 is 2.06 bits per heavy atom. The molecule has 3 nitrogen and oxygen atoms in total. The summed E-state index contributed by atoms with van der Waals surface area (Å²) in [5.41, 5.74) is 8.43. The van der Waals surface area contributed by atoms with Crippen molar-refractivity contribution in [2.45, 2.75) is 37.6 Å². The predicted octanol–water partition coefficient (Wildman–Crippen LogP) is 2.03. The smallest absolute Gasteiger partial charge is 0.131 e. The summed E-state index contributed by atoms with van der Waals surface area (Å²) >= 11 is 2.04. The summed E-state index contributed by atoms with van der Waals surface area (Å²) in [7, 11) is 0. The van der Waals surface area contributed by atoms with Crippen molar-refractivity contribution < 1.29 is 0 Å². The molecule has 2 N–H and O–H groups in total. The second-order valence-electron chi connectivity index (χ2n) is 4.67. The molecule has 86 valence electrons. The number of hydrogen-bond donors (Lipinski definition) is 1. The lowest BCUT2D eigenvalue weighted by molar-refractivity contribution is 0.589. The normalized spacial score (nSPS) is 25.7. The van der Waals surface area contributed by atoms with E-state index < -0.39 is 0 Å². The topological polar surface area (TPSA) is 51.8 Å². The van der Waals surface area contributed by atoms with Gasteiger partial charge in [-0.05, 0) is 42.8 Å². The summed E-state index contributed by atoms with van der Waals surface area (Å²) in [6, 6.07) is 0.148. The predicted molar refractivity (Wildman–Crippen MR) is 66.6 cm³/mol. The zero-order chi connectivity index (χ0) is 11.0. The first-order chi connectivity index (χ1) is 7.84. The minimum absolute atomic E-state index is 0.148. The molecule has 2 aliphatic rings. The van der Waals surface area contributed by atoms with Crippen LogP contribution in [0.25, 0.3) is 0 Å². The number of fused-ring (bicyclic) bond motifs is 1. The maximum atomic E-state index is 6.05. The van der Waals surface area contributed by atoms with E-state index >= 15 is 0 Å². The van der Waals surface area contributed by atoms with E-state index in [4.69, 9.17) is 10.7 Å². The van der Waals surface area contributed by atoms with Crippen LogP contribution < -0.4 is 5.73 Å². The van der Waals surface area contributed by atoms with Gasteiger partial charge in [-0.1, -0.05) is 0 Å². The van der Waals surface area contributed by atoms with E-state index in [1.807, 2.05) is 18.0 Å². The van der Waals surface area contributed by atoms with Crippen molar-refractivity contribution in [1.82, 2.24) is 9.97 Å². The average Bonchev–Trinajstić information content (AvgIpc) is 2.72. The van der Waals surface area contributed by atoms with Crippen LogP contribution in [0.4, 0.5) is 0 Å². The van der Waals surface area contributed by atoms with Crippen LogP contribution in [0, 0.1) is 0 Å². The summed E-state index contributed by atoms with van der Waals surface area (Å²) in [5, 5.41) is 0. The molecular formula is C12H17N3S. The lowest BCUT2D eigenvalue weighted by atomic mass is 10.0. The number of rotatable bonds is 1. The molecule has 0 bridgehead atoms. The lowest BCUT2D eigenvalue weighted by Gasteiger charge is -2.20. The Labute approximate surface area is 100 Å². The highest BCUT2D eigenvalue weighted by Gasteiger charge is 2.24. The second kappa shape index (κ2) is 4.34. The van der Waals surface area contributed by atoms with Crippen molar-refractivity contribution in [3.63, 3.8) is 0 Å². The van der Waals surface area contributed by atoms with Gasteiger partial charge in [0.1, 0.15) is 5.82 Å². The molecule has 0 radical (unpaired) electrons. The number of hydrogen-bond acceptors (Lipinski definition) is 4. The van der Waals surface area contributed by atoms with Crippen molar-refractivity contribution in [1.29, 1.82) is 0 Å². The van der Waals surface area contributed by atoms with Gasteiger partial charge in [0.05, 0.1) is 5.69 Å². The average molecular weight is 235 g/mol. The van der Waals surface area contributed by atoms with E-state index in [1.54, 1.807) is 0 Å². The van der Waals surface area contributed by atoms with Gasteiger partial charge >= 0.3 is 0 Å². The number of nitrogens with zero attached hydrogens (tertiary/aromatic N) is 2. The van der Waals surface area contributed by atoms with Gasteiger partial charge in [-0.25, -0.2) is 9.97 Å². The molecule has 1 aliphatic heterocycles. The fourth-order valence-corrected chi connectivity index (χ4v) is 3.65. The monoisotopic (exact) mass is 235 g/mol. The van der Waals surface area contributed by atoms with Gasteiger partial charge in [-0.2, -0.15) is 11.8 Å². The highest BCUT2D eigenvalue weighted by atomic mass is 32.2. The minimum Gasteiger partial charge on any atom is -0.323 e.